The van der Waals surface area contributed by atoms with Crippen LogP contribution in [0.2, 0.25) is 0 Å². The first-order chi connectivity index (χ1) is 30.7. The molecule has 0 amide bonds. The second-order valence-corrected chi connectivity index (χ2v) is 15.8. The monoisotopic (exact) mass is 790 g/mol. The highest BCUT2D eigenvalue weighted by atomic mass is 15.1. The van der Waals surface area contributed by atoms with Gasteiger partial charge in [0.1, 0.15) is 0 Å². The molecule has 0 saturated heterocycles. The highest BCUT2D eigenvalue weighted by Gasteiger charge is 2.20. The van der Waals surface area contributed by atoms with Gasteiger partial charge in [-0.1, -0.05) is 194 Å². The average molecular weight is 791 g/mol. The second kappa shape index (κ2) is 16.1. The summed E-state index contributed by atoms with van der Waals surface area (Å²) in [4.78, 5) is 4.78. The average Bonchev–Trinajstić information content (AvgIpc) is 3.36. The van der Waals surface area contributed by atoms with Crippen molar-refractivity contribution in [2.45, 2.75) is 0 Å². The molecular formula is C60H42N2. The molecule has 0 fully saturated rings. The van der Waals surface area contributed by atoms with Crippen LogP contribution < -0.4 is 9.80 Å². The summed E-state index contributed by atoms with van der Waals surface area (Å²) in [7, 11) is 0. The van der Waals surface area contributed by atoms with Crippen LogP contribution in [0.15, 0.2) is 255 Å². The van der Waals surface area contributed by atoms with Crippen molar-refractivity contribution in [2.24, 2.45) is 0 Å². The van der Waals surface area contributed by atoms with Gasteiger partial charge in [0, 0.05) is 33.5 Å². The fraction of sp³-hybridized carbons (Fsp3) is 0. The van der Waals surface area contributed by atoms with Gasteiger partial charge in [0.25, 0.3) is 0 Å². The van der Waals surface area contributed by atoms with Crippen molar-refractivity contribution >= 4 is 66.4 Å². The van der Waals surface area contributed by atoms with Gasteiger partial charge < -0.3 is 9.80 Å². The van der Waals surface area contributed by atoms with Crippen molar-refractivity contribution in [3.8, 4) is 33.4 Å². The van der Waals surface area contributed by atoms with E-state index in [0.29, 0.717) is 0 Å². The summed E-state index contributed by atoms with van der Waals surface area (Å²) >= 11 is 0. The minimum atomic E-state index is 1.09. The Hall–Kier alpha value is -8.20. The lowest BCUT2D eigenvalue weighted by atomic mass is 9.98. The summed E-state index contributed by atoms with van der Waals surface area (Å²) < 4.78 is 0. The lowest BCUT2D eigenvalue weighted by Gasteiger charge is -2.29. The minimum Gasteiger partial charge on any atom is -0.311 e. The molecule has 0 heterocycles. The van der Waals surface area contributed by atoms with Crippen molar-refractivity contribution < 1.29 is 0 Å². The van der Waals surface area contributed by atoms with Crippen molar-refractivity contribution in [3.05, 3.63) is 255 Å². The third-order valence-electron chi connectivity index (χ3n) is 12.0. The van der Waals surface area contributed by atoms with Crippen LogP contribution in [0.5, 0.6) is 0 Å². The lowest BCUT2D eigenvalue weighted by molar-refractivity contribution is 1.28. The molecule has 0 spiro atoms. The van der Waals surface area contributed by atoms with Crippen LogP contribution in [0.4, 0.5) is 34.1 Å². The summed E-state index contributed by atoms with van der Waals surface area (Å²) in [5.74, 6) is 0. The minimum absolute atomic E-state index is 1.09. The van der Waals surface area contributed by atoms with Gasteiger partial charge >= 0.3 is 0 Å². The van der Waals surface area contributed by atoms with E-state index in [1.807, 2.05) is 0 Å². The first kappa shape index (κ1) is 36.8. The first-order valence-electron chi connectivity index (χ1n) is 21.3. The zero-order chi connectivity index (χ0) is 41.2. The van der Waals surface area contributed by atoms with E-state index in [1.165, 1.54) is 54.6 Å². The Morgan fingerprint density at radius 1 is 0.194 bits per heavy atom. The highest BCUT2D eigenvalue weighted by molar-refractivity contribution is 6.15. The molecule has 0 bridgehead atoms. The van der Waals surface area contributed by atoms with Crippen LogP contribution in [0.3, 0.4) is 0 Å². The maximum Gasteiger partial charge on any atom is 0.0546 e. The van der Waals surface area contributed by atoms with Crippen LogP contribution in [0, 0.1) is 0 Å². The molecule has 292 valence electrons. The summed E-state index contributed by atoms with van der Waals surface area (Å²) in [6.45, 7) is 0. The van der Waals surface area contributed by atoms with E-state index in [0.717, 1.165) is 45.3 Å². The van der Waals surface area contributed by atoms with E-state index in [2.05, 4.69) is 265 Å². The zero-order valence-corrected chi connectivity index (χ0v) is 34.1. The van der Waals surface area contributed by atoms with E-state index in [1.54, 1.807) is 0 Å². The van der Waals surface area contributed by atoms with E-state index >= 15 is 0 Å². The van der Waals surface area contributed by atoms with E-state index in [9.17, 15) is 0 Å². The summed E-state index contributed by atoms with van der Waals surface area (Å²) in [5.41, 5.74) is 13.8. The van der Waals surface area contributed by atoms with Crippen molar-refractivity contribution in [1.29, 1.82) is 0 Å². The molecule has 0 aliphatic heterocycles. The fourth-order valence-corrected chi connectivity index (χ4v) is 8.95. The van der Waals surface area contributed by atoms with Crippen molar-refractivity contribution in [2.75, 3.05) is 9.80 Å². The van der Waals surface area contributed by atoms with Crippen LogP contribution in [0.25, 0.3) is 65.7 Å². The molecule has 0 unspecified atom stereocenters. The second-order valence-electron chi connectivity index (χ2n) is 15.8. The largest absolute Gasteiger partial charge is 0.311 e. The van der Waals surface area contributed by atoms with Gasteiger partial charge in [-0.25, -0.2) is 0 Å². The molecule has 11 aromatic carbocycles. The third-order valence-corrected chi connectivity index (χ3v) is 12.0. The number of rotatable bonds is 9. The van der Waals surface area contributed by atoms with Crippen molar-refractivity contribution in [1.82, 2.24) is 0 Å². The zero-order valence-electron chi connectivity index (χ0n) is 34.1. The molecule has 0 aliphatic rings. The summed E-state index contributed by atoms with van der Waals surface area (Å²) in [5, 5.41) is 7.36. The van der Waals surface area contributed by atoms with Crippen LogP contribution in [0.1, 0.15) is 0 Å². The molecule has 2 heteroatoms. The van der Waals surface area contributed by atoms with Crippen LogP contribution >= 0.6 is 0 Å². The first-order valence-corrected chi connectivity index (χ1v) is 21.3. The Bertz CT molecular complexity index is 3210. The predicted molar refractivity (Wildman–Crippen MR) is 265 cm³/mol. The number of fused-ring (bicyclic) bond motifs is 4. The van der Waals surface area contributed by atoms with Gasteiger partial charge in [0.05, 0.1) is 11.4 Å². The Morgan fingerprint density at radius 3 is 1.05 bits per heavy atom. The molecular weight excluding hydrogens is 749 g/mol. The molecule has 11 aromatic rings. The quantitative estimate of drug-likeness (QED) is 0.134. The van der Waals surface area contributed by atoms with Gasteiger partial charge in [-0.2, -0.15) is 0 Å². The number of hydrogen-bond donors (Lipinski definition) is 0. The van der Waals surface area contributed by atoms with Gasteiger partial charge in [0.2, 0.25) is 0 Å². The molecule has 0 radical (unpaired) electrons. The van der Waals surface area contributed by atoms with Crippen LogP contribution in [-0.2, 0) is 0 Å². The maximum atomic E-state index is 2.44. The van der Waals surface area contributed by atoms with Gasteiger partial charge in [-0.05, 0) is 116 Å². The molecule has 2 nitrogen and oxygen atoms in total. The van der Waals surface area contributed by atoms with E-state index in [-0.39, 0.29) is 0 Å². The standard InChI is InChI=1S/C60H42N2/c1-3-14-43(15-4-1)45-26-34-51(35-27-45)61(52-36-28-46(29-37-52)44-16-5-2-6-17-44)53-38-30-47(31-39-53)48-32-40-54(41-33-48)62(59-25-13-20-49-18-7-10-22-56(49)59)60-42-50-19-8-9-21-55(50)57-23-11-12-24-58(57)60/h1-42H. The molecule has 0 aliphatic carbocycles. The highest BCUT2D eigenvalue weighted by Crippen LogP contribution is 2.45. The van der Waals surface area contributed by atoms with Crippen molar-refractivity contribution in [3.63, 3.8) is 0 Å². The summed E-state index contributed by atoms with van der Waals surface area (Å²) in [6.07, 6.45) is 0. The molecule has 0 saturated carbocycles. The molecule has 0 aromatic heterocycles. The molecule has 62 heavy (non-hydrogen) atoms. The van der Waals surface area contributed by atoms with Gasteiger partial charge in [-0.15, -0.1) is 0 Å². The third kappa shape index (κ3) is 6.94. The van der Waals surface area contributed by atoms with Gasteiger partial charge in [0.15, 0.2) is 0 Å². The molecule has 0 N–H and O–H groups in total. The smallest absolute Gasteiger partial charge is 0.0546 e. The number of benzene rings is 11. The fourth-order valence-electron chi connectivity index (χ4n) is 8.95. The normalized spacial score (nSPS) is 11.2. The van der Waals surface area contributed by atoms with E-state index < -0.39 is 0 Å². The predicted octanol–water partition coefficient (Wildman–Crippen LogP) is 17.1. The Labute approximate surface area is 362 Å². The van der Waals surface area contributed by atoms with Crippen LogP contribution in [-0.4, -0.2) is 0 Å². The number of nitrogens with zero attached hydrogens (tertiary/aromatic N) is 2. The maximum absolute atomic E-state index is 2.44. The van der Waals surface area contributed by atoms with Gasteiger partial charge in [-0.3, -0.25) is 0 Å². The Kier molecular flexibility index (Phi) is 9.57. The van der Waals surface area contributed by atoms with E-state index in [4.69, 9.17) is 0 Å². The Balaban J connectivity index is 0.970. The summed E-state index contributed by atoms with van der Waals surface area (Å²) in [6, 6.07) is 92.0. The Morgan fingerprint density at radius 2 is 0.548 bits per heavy atom. The molecule has 0 atom stereocenters. The SMILES string of the molecule is c1ccc(-c2ccc(N(c3ccc(-c4ccccc4)cc3)c3ccc(-c4ccc(N(c5cccc6ccccc56)c5cc6ccccc6c6ccccc56)cc4)cc3)cc2)cc1. The molecule has 11 rings (SSSR count). The lowest BCUT2D eigenvalue weighted by Crippen LogP contribution is -2.11. The number of anilines is 6. The number of hydrogen-bond acceptors (Lipinski definition) is 2. The topological polar surface area (TPSA) is 6.48 Å².